The molecule has 16 heavy (non-hydrogen) atoms. The molecule has 3 rings (SSSR count). The van der Waals surface area contributed by atoms with Gasteiger partial charge in [-0.1, -0.05) is 6.07 Å². The quantitative estimate of drug-likeness (QED) is 0.785. The number of fused-ring (bicyclic) bond motifs is 1. The summed E-state index contributed by atoms with van der Waals surface area (Å²) in [5, 5.41) is 3.31. The monoisotopic (exact) mass is 221 g/mol. The van der Waals surface area contributed by atoms with E-state index in [1.807, 2.05) is 12.1 Å². The molecule has 0 saturated carbocycles. The van der Waals surface area contributed by atoms with Gasteiger partial charge in [0.15, 0.2) is 0 Å². The molecule has 2 nitrogen and oxygen atoms in total. The predicted octanol–water partition coefficient (Wildman–Crippen LogP) is 2.23. The van der Waals surface area contributed by atoms with Crippen LogP contribution < -0.4 is 10.1 Å². The van der Waals surface area contributed by atoms with E-state index in [2.05, 4.69) is 5.32 Å². The first kappa shape index (κ1) is 10.1. The van der Waals surface area contributed by atoms with Gasteiger partial charge in [0, 0.05) is 12.0 Å². The number of benzene rings is 1. The van der Waals surface area contributed by atoms with Crippen LogP contribution in [0.15, 0.2) is 12.1 Å². The summed E-state index contributed by atoms with van der Waals surface area (Å²) in [6, 6.07) is 3.85. The molecule has 3 heteroatoms. The van der Waals surface area contributed by atoms with Gasteiger partial charge < -0.3 is 10.1 Å². The van der Waals surface area contributed by atoms with Crippen LogP contribution in [0.4, 0.5) is 4.39 Å². The van der Waals surface area contributed by atoms with Crippen molar-refractivity contribution < 1.29 is 9.13 Å². The zero-order valence-electron chi connectivity index (χ0n) is 9.26. The van der Waals surface area contributed by atoms with Gasteiger partial charge in [-0.05, 0) is 43.5 Å². The fourth-order valence-corrected chi connectivity index (χ4v) is 2.70. The van der Waals surface area contributed by atoms with Crippen molar-refractivity contribution in [3.63, 3.8) is 0 Å². The Morgan fingerprint density at radius 2 is 2.06 bits per heavy atom. The molecule has 2 heterocycles. The maximum Gasteiger partial charge on any atom is 0.133 e. The highest BCUT2D eigenvalue weighted by Gasteiger charge is 2.24. The molecule has 1 aromatic rings. The first-order valence-electron chi connectivity index (χ1n) is 6.01. The van der Waals surface area contributed by atoms with E-state index in [0.29, 0.717) is 12.5 Å². The highest BCUT2D eigenvalue weighted by Crippen LogP contribution is 2.35. The Bertz CT molecular complexity index is 399. The highest BCUT2D eigenvalue weighted by atomic mass is 19.1. The van der Waals surface area contributed by atoms with Gasteiger partial charge in [-0.2, -0.15) is 0 Å². The zero-order chi connectivity index (χ0) is 11.0. The van der Waals surface area contributed by atoms with Crippen molar-refractivity contribution in [1.82, 2.24) is 5.32 Å². The molecule has 1 fully saturated rings. The van der Waals surface area contributed by atoms with Gasteiger partial charge in [0.2, 0.25) is 0 Å². The summed E-state index contributed by atoms with van der Waals surface area (Å²) in [7, 11) is 0. The van der Waals surface area contributed by atoms with Gasteiger partial charge in [0.25, 0.3) is 0 Å². The first-order chi connectivity index (χ1) is 7.86. The Morgan fingerprint density at radius 1 is 1.25 bits per heavy atom. The fourth-order valence-electron chi connectivity index (χ4n) is 2.70. The van der Waals surface area contributed by atoms with Gasteiger partial charge >= 0.3 is 0 Å². The third-order valence-electron chi connectivity index (χ3n) is 3.62. The molecule has 0 bridgehead atoms. The second kappa shape index (κ2) is 4.06. The van der Waals surface area contributed by atoms with Crippen molar-refractivity contribution in [2.45, 2.75) is 25.2 Å². The third-order valence-corrected chi connectivity index (χ3v) is 3.62. The maximum atomic E-state index is 14.3. The summed E-state index contributed by atoms with van der Waals surface area (Å²) in [5.41, 5.74) is 1.68. The van der Waals surface area contributed by atoms with E-state index < -0.39 is 0 Å². The van der Waals surface area contributed by atoms with E-state index in [1.54, 1.807) is 0 Å². The molecule has 0 aliphatic carbocycles. The molecule has 0 unspecified atom stereocenters. The van der Waals surface area contributed by atoms with Crippen LogP contribution in [0.25, 0.3) is 0 Å². The molecular formula is C13H16FNO. The lowest BCUT2D eigenvalue weighted by Gasteiger charge is -2.23. The molecule has 0 spiro atoms. The largest absolute Gasteiger partial charge is 0.493 e. The molecular weight excluding hydrogens is 205 g/mol. The molecule has 2 aliphatic heterocycles. The summed E-state index contributed by atoms with van der Waals surface area (Å²) < 4.78 is 19.6. The number of nitrogens with one attached hydrogen (secondary N) is 1. The Hall–Kier alpha value is -1.09. The summed E-state index contributed by atoms with van der Waals surface area (Å²) in [5.74, 6) is 1.12. The van der Waals surface area contributed by atoms with Crippen LogP contribution in [0.1, 0.15) is 29.9 Å². The van der Waals surface area contributed by atoms with Crippen molar-refractivity contribution in [3.05, 3.63) is 29.1 Å². The van der Waals surface area contributed by atoms with Crippen LogP contribution in [0.5, 0.6) is 5.75 Å². The third kappa shape index (κ3) is 1.59. The Balaban J connectivity index is 1.95. The van der Waals surface area contributed by atoms with Gasteiger partial charge in [0.05, 0.1) is 6.61 Å². The van der Waals surface area contributed by atoms with E-state index >= 15 is 0 Å². The van der Waals surface area contributed by atoms with E-state index in [9.17, 15) is 4.39 Å². The molecule has 2 aliphatic rings. The lowest BCUT2D eigenvalue weighted by atomic mass is 9.88. The van der Waals surface area contributed by atoms with Crippen molar-refractivity contribution in [2.24, 2.45) is 0 Å². The number of hydrogen-bond donors (Lipinski definition) is 1. The number of piperidine rings is 1. The fraction of sp³-hybridized carbons (Fsp3) is 0.538. The first-order valence-corrected chi connectivity index (χ1v) is 6.01. The number of hydrogen-bond acceptors (Lipinski definition) is 2. The minimum Gasteiger partial charge on any atom is -0.493 e. The van der Waals surface area contributed by atoms with Crippen LogP contribution in [-0.2, 0) is 6.42 Å². The topological polar surface area (TPSA) is 21.3 Å². The summed E-state index contributed by atoms with van der Waals surface area (Å²) in [6.07, 6.45) is 2.80. The van der Waals surface area contributed by atoms with Crippen LogP contribution in [0.3, 0.4) is 0 Å². The van der Waals surface area contributed by atoms with Crippen LogP contribution >= 0.6 is 0 Å². The molecule has 1 saturated heterocycles. The summed E-state index contributed by atoms with van der Waals surface area (Å²) >= 11 is 0. The van der Waals surface area contributed by atoms with E-state index in [0.717, 1.165) is 49.2 Å². The van der Waals surface area contributed by atoms with Crippen molar-refractivity contribution in [2.75, 3.05) is 19.7 Å². The molecule has 1 aromatic carbocycles. The molecule has 1 N–H and O–H groups in total. The van der Waals surface area contributed by atoms with Gasteiger partial charge in [-0.15, -0.1) is 0 Å². The van der Waals surface area contributed by atoms with Gasteiger partial charge in [-0.25, -0.2) is 4.39 Å². The summed E-state index contributed by atoms with van der Waals surface area (Å²) in [6.45, 7) is 2.62. The van der Waals surface area contributed by atoms with Crippen molar-refractivity contribution in [1.29, 1.82) is 0 Å². The van der Waals surface area contributed by atoms with Crippen molar-refractivity contribution >= 4 is 0 Å². The minimum absolute atomic E-state index is 0.0121. The van der Waals surface area contributed by atoms with Gasteiger partial charge in [-0.3, -0.25) is 0 Å². The summed E-state index contributed by atoms with van der Waals surface area (Å²) in [4.78, 5) is 0. The zero-order valence-corrected chi connectivity index (χ0v) is 9.26. The lowest BCUT2D eigenvalue weighted by Crippen LogP contribution is -2.27. The number of rotatable bonds is 1. The van der Waals surface area contributed by atoms with E-state index in [4.69, 9.17) is 4.74 Å². The van der Waals surface area contributed by atoms with Crippen LogP contribution in [0.2, 0.25) is 0 Å². The Kier molecular flexibility index (Phi) is 2.56. The molecule has 0 amide bonds. The predicted molar refractivity (Wildman–Crippen MR) is 60.4 cm³/mol. The van der Waals surface area contributed by atoms with E-state index in [1.165, 1.54) is 0 Å². The average molecular weight is 221 g/mol. The van der Waals surface area contributed by atoms with E-state index in [-0.39, 0.29) is 5.82 Å². The average Bonchev–Trinajstić information content (AvgIpc) is 2.80. The second-order valence-electron chi connectivity index (χ2n) is 4.57. The Morgan fingerprint density at radius 3 is 2.88 bits per heavy atom. The number of ether oxygens (including phenoxy) is 1. The maximum absolute atomic E-state index is 14.3. The highest BCUT2D eigenvalue weighted by molar-refractivity contribution is 5.42. The standard InChI is InChI=1S/C13H16FNO/c14-13-10(9-3-6-15-7-4-9)1-2-12-11(13)5-8-16-12/h1-2,9,15H,3-8H2. The second-order valence-corrected chi connectivity index (χ2v) is 4.57. The van der Waals surface area contributed by atoms with Gasteiger partial charge in [0.1, 0.15) is 11.6 Å². The molecule has 0 atom stereocenters. The lowest BCUT2D eigenvalue weighted by molar-refractivity contribution is 0.356. The molecule has 0 aromatic heterocycles. The van der Waals surface area contributed by atoms with Crippen LogP contribution in [-0.4, -0.2) is 19.7 Å². The minimum atomic E-state index is -0.0121. The number of halogens is 1. The SMILES string of the molecule is Fc1c(C2CCNCC2)ccc2c1CCO2. The normalized spacial score (nSPS) is 20.6. The molecule has 0 radical (unpaired) electrons. The molecule has 86 valence electrons. The smallest absolute Gasteiger partial charge is 0.133 e. The van der Waals surface area contributed by atoms with Crippen LogP contribution in [0, 0.1) is 5.82 Å². The van der Waals surface area contributed by atoms with Crippen molar-refractivity contribution in [3.8, 4) is 5.75 Å². The Labute approximate surface area is 94.8 Å².